The first kappa shape index (κ1) is 15.7. The van der Waals surface area contributed by atoms with E-state index in [1.165, 1.54) is 0 Å². The van der Waals surface area contributed by atoms with Gasteiger partial charge in [-0.3, -0.25) is 4.90 Å². The predicted molar refractivity (Wildman–Crippen MR) is 78.0 cm³/mol. The van der Waals surface area contributed by atoms with Crippen LogP contribution in [0.2, 0.25) is 0 Å². The summed E-state index contributed by atoms with van der Waals surface area (Å²) in [7, 11) is 0. The molecule has 0 radical (unpaired) electrons. The minimum Gasteiger partial charge on any atom is -0.465 e. The lowest BCUT2D eigenvalue weighted by molar-refractivity contribution is -0.150. The molecule has 0 aromatic heterocycles. The molecule has 0 aliphatic rings. The van der Waals surface area contributed by atoms with E-state index in [2.05, 4.69) is 18.7 Å². The zero-order valence-electron chi connectivity index (χ0n) is 12.3. The maximum absolute atomic E-state index is 12.3. The summed E-state index contributed by atoms with van der Waals surface area (Å²) in [5.74, 6) is -0.143. The fourth-order valence-corrected chi connectivity index (χ4v) is 2.30. The van der Waals surface area contributed by atoms with Gasteiger partial charge in [-0.25, -0.2) is 4.79 Å². The van der Waals surface area contributed by atoms with E-state index in [-0.39, 0.29) is 12.0 Å². The number of benzene rings is 1. The third-order valence-electron chi connectivity index (χ3n) is 3.01. The van der Waals surface area contributed by atoms with Crippen LogP contribution in [0.1, 0.15) is 45.2 Å². The van der Waals surface area contributed by atoms with Crippen molar-refractivity contribution in [3.63, 3.8) is 0 Å². The van der Waals surface area contributed by atoms with Crippen LogP contribution >= 0.6 is 0 Å². The Hall–Kier alpha value is -1.35. The molecule has 3 heteroatoms. The van der Waals surface area contributed by atoms with Crippen LogP contribution in [0.3, 0.4) is 0 Å². The Labute approximate surface area is 116 Å². The van der Waals surface area contributed by atoms with Gasteiger partial charge in [0.2, 0.25) is 0 Å². The molecule has 3 nitrogen and oxygen atoms in total. The summed E-state index contributed by atoms with van der Waals surface area (Å²) < 4.78 is 5.25. The summed E-state index contributed by atoms with van der Waals surface area (Å²) in [5, 5.41) is 0. The summed E-state index contributed by atoms with van der Waals surface area (Å²) in [6, 6.07) is 9.63. The van der Waals surface area contributed by atoms with E-state index in [9.17, 15) is 4.79 Å². The summed E-state index contributed by atoms with van der Waals surface area (Å²) in [6.45, 7) is 8.36. The van der Waals surface area contributed by atoms with Crippen LogP contribution in [-0.4, -0.2) is 30.6 Å². The number of hydrogen-bond acceptors (Lipinski definition) is 3. The number of hydrogen-bond donors (Lipinski definition) is 0. The molecule has 19 heavy (non-hydrogen) atoms. The van der Waals surface area contributed by atoms with Crippen LogP contribution in [0.25, 0.3) is 0 Å². The van der Waals surface area contributed by atoms with Gasteiger partial charge in [0.25, 0.3) is 0 Å². The predicted octanol–water partition coefficient (Wildman–Crippen LogP) is 3.41. The SMILES string of the molecule is CCCN(CCC)[C@H](C(=O)OCC)c1ccccc1. The molecule has 0 amide bonds. The third-order valence-corrected chi connectivity index (χ3v) is 3.01. The maximum Gasteiger partial charge on any atom is 0.327 e. The van der Waals surface area contributed by atoms with E-state index in [0.717, 1.165) is 31.5 Å². The van der Waals surface area contributed by atoms with E-state index in [1.807, 2.05) is 37.3 Å². The summed E-state index contributed by atoms with van der Waals surface area (Å²) >= 11 is 0. The van der Waals surface area contributed by atoms with Crippen molar-refractivity contribution in [3.8, 4) is 0 Å². The maximum atomic E-state index is 12.3. The first-order valence-corrected chi connectivity index (χ1v) is 7.20. The van der Waals surface area contributed by atoms with E-state index < -0.39 is 0 Å². The molecule has 0 heterocycles. The van der Waals surface area contributed by atoms with Crippen molar-refractivity contribution in [1.82, 2.24) is 4.90 Å². The highest BCUT2D eigenvalue weighted by atomic mass is 16.5. The van der Waals surface area contributed by atoms with Crippen molar-refractivity contribution < 1.29 is 9.53 Å². The van der Waals surface area contributed by atoms with Gasteiger partial charge in [0.05, 0.1) is 6.61 Å². The van der Waals surface area contributed by atoms with Gasteiger partial charge >= 0.3 is 5.97 Å². The van der Waals surface area contributed by atoms with Gasteiger partial charge in [-0.1, -0.05) is 44.2 Å². The normalized spacial score (nSPS) is 12.4. The van der Waals surface area contributed by atoms with Crippen LogP contribution in [0.5, 0.6) is 0 Å². The largest absolute Gasteiger partial charge is 0.465 e. The molecule has 0 unspecified atom stereocenters. The molecule has 106 valence electrons. The third kappa shape index (κ3) is 4.67. The minimum absolute atomic E-state index is 0.143. The Morgan fingerprint density at radius 3 is 2.16 bits per heavy atom. The van der Waals surface area contributed by atoms with E-state index >= 15 is 0 Å². The molecule has 0 bridgehead atoms. The van der Waals surface area contributed by atoms with Crippen molar-refractivity contribution in [2.75, 3.05) is 19.7 Å². The van der Waals surface area contributed by atoms with Crippen molar-refractivity contribution >= 4 is 5.97 Å². The highest BCUT2D eigenvalue weighted by molar-refractivity contribution is 5.77. The number of esters is 1. The zero-order valence-corrected chi connectivity index (χ0v) is 12.3. The Morgan fingerprint density at radius 2 is 1.68 bits per heavy atom. The summed E-state index contributed by atoms with van der Waals surface area (Å²) in [5.41, 5.74) is 1.02. The summed E-state index contributed by atoms with van der Waals surface area (Å²) in [4.78, 5) is 14.5. The molecule has 0 aliphatic heterocycles. The van der Waals surface area contributed by atoms with Gasteiger partial charge in [0.15, 0.2) is 0 Å². The Morgan fingerprint density at radius 1 is 1.11 bits per heavy atom. The van der Waals surface area contributed by atoms with Crippen LogP contribution in [0.4, 0.5) is 0 Å². The molecular formula is C16H25NO2. The number of carbonyl (C=O) groups excluding carboxylic acids is 1. The van der Waals surface area contributed by atoms with E-state index in [0.29, 0.717) is 6.61 Å². The average molecular weight is 263 g/mol. The van der Waals surface area contributed by atoms with Crippen molar-refractivity contribution in [2.45, 2.75) is 39.7 Å². The fraction of sp³-hybridized carbons (Fsp3) is 0.562. The van der Waals surface area contributed by atoms with Crippen LogP contribution < -0.4 is 0 Å². The van der Waals surface area contributed by atoms with E-state index in [4.69, 9.17) is 4.74 Å². The van der Waals surface area contributed by atoms with Crippen LogP contribution in [-0.2, 0) is 9.53 Å². The number of carbonyl (C=O) groups is 1. The Kier molecular flexibility index (Phi) is 7.19. The molecule has 1 rings (SSSR count). The van der Waals surface area contributed by atoms with Gasteiger partial charge < -0.3 is 4.74 Å². The number of nitrogens with zero attached hydrogens (tertiary/aromatic N) is 1. The minimum atomic E-state index is -0.277. The molecule has 0 aliphatic carbocycles. The molecule has 1 atom stereocenters. The van der Waals surface area contributed by atoms with Gasteiger partial charge in [0.1, 0.15) is 6.04 Å². The lowest BCUT2D eigenvalue weighted by Gasteiger charge is -2.29. The smallest absolute Gasteiger partial charge is 0.327 e. The van der Waals surface area contributed by atoms with Gasteiger partial charge in [-0.2, -0.15) is 0 Å². The average Bonchev–Trinajstić information content (AvgIpc) is 2.41. The van der Waals surface area contributed by atoms with Crippen molar-refractivity contribution in [3.05, 3.63) is 35.9 Å². The molecule has 0 saturated heterocycles. The highest BCUT2D eigenvalue weighted by Gasteiger charge is 2.27. The van der Waals surface area contributed by atoms with Crippen LogP contribution in [0.15, 0.2) is 30.3 Å². The summed E-state index contributed by atoms with van der Waals surface area (Å²) in [6.07, 6.45) is 2.06. The van der Waals surface area contributed by atoms with E-state index in [1.54, 1.807) is 0 Å². The monoisotopic (exact) mass is 263 g/mol. The second-order valence-corrected chi connectivity index (χ2v) is 4.60. The van der Waals surface area contributed by atoms with Gasteiger partial charge in [-0.05, 0) is 38.4 Å². The number of rotatable bonds is 8. The molecule has 0 saturated carbocycles. The first-order chi connectivity index (χ1) is 9.24. The quantitative estimate of drug-likeness (QED) is 0.673. The molecular weight excluding hydrogens is 238 g/mol. The van der Waals surface area contributed by atoms with Crippen LogP contribution in [0, 0.1) is 0 Å². The molecule has 1 aromatic carbocycles. The molecule has 0 fully saturated rings. The van der Waals surface area contributed by atoms with Gasteiger partial charge in [0, 0.05) is 0 Å². The zero-order chi connectivity index (χ0) is 14.1. The second-order valence-electron chi connectivity index (χ2n) is 4.60. The Bertz CT molecular complexity index is 358. The molecule has 1 aromatic rings. The van der Waals surface area contributed by atoms with Gasteiger partial charge in [-0.15, -0.1) is 0 Å². The molecule has 0 spiro atoms. The topological polar surface area (TPSA) is 29.5 Å². The Balaban J connectivity index is 2.99. The van der Waals surface area contributed by atoms with Crippen molar-refractivity contribution in [1.29, 1.82) is 0 Å². The second kappa shape index (κ2) is 8.70. The fourth-order valence-electron chi connectivity index (χ4n) is 2.30. The molecule has 0 N–H and O–H groups in total. The first-order valence-electron chi connectivity index (χ1n) is 7.20. The highest BCUT2D eigenvalue weighted by Crippen LogP contribution is 2.23. The standard InChI is InChI=1S/C16H25NO2/c1-4-12-17(13-5-2)15(16(18)19-6-3)14-10-8-7-9-11-14/h7-11,15H,4-6,12-13H2,1-3H3/t15-/m0/s1. The lowest BCUT2D eigenvalue weighted by Crippen LogP contribution is -2.36. The van der Waals surface area contributed by atoms with Crippen molar-refractivity contribution in [2.24, 2.45) is 0 Å². The number of ether oxygens (including phenoxy) is 1. The lowest BCUT2D eigenvalue weighted by atomic mass is 10.0.